The molecule has 0 fully saturated rings. The first-order valence-electron chi connectivity index (χ1n) is 5.98. The summed E-state index contributed by atoms with van der Waals surface area (Å²) in [6.45, 7) is 3.20. The van der Waals surface area contributed by atoms with Crippen molar-refractivity contribution < 1.29 is 9.59 Å². The molecule has 0 unspecified atom stereocenters. The van der Waals surface area contributed by atoms with Gasteiger partial charge in [-0.2, -0.15) is 0 Å². The smallest absolute Gasteiger partial charge is 0.321 e. The lowest BCUT2D eigenvalue weighted by Gasteiger charge is -2.24. The van der Waals surface area contributed by atoms with Gasteiger partial charge in [-0.05, 0) is 25.0 Å². The van der Waals surface area contributed by atoms with Crippen LogP contribution in [-0.2, 0) is 0 Å². The monoisotopic (exact) mass is 244 g/mol. The highest BCUT2D eigenvalue weighted by atomic mass is 16.2. The van der Waals surface area contributed by atoms with Crippen LogP contribution in [-0.4, -0.2) is 30.3 Å². The first-order chi connectivity index (χ1) is 8.72. The Balaban J connectivity index is 2.11. The number of nitrogens with zero attached hydrogens (tertiary/aromatic N) is 1. The number of carbonyl (C=O) groups excluding carboxylic acids is 2. The maximum Gasteiger partial charge on any atom is 0.322 e. The van der Waals surface area contributed by atoms with Gasteiger partial charge in [0.05, 0.1) is 0 Å². The van der Waals surface area contributed by atoms with E-state index in [1.54, 1.807) is 23.1 Å². The summed E-state index contributed by atoms with van der Waals surface area (Å²) < 4.78 is 0. The van der Waals surface area contributed by atoms with Gasteiger partial charge in [-0.15, -0.1) is 0 Å². The zero-order valence-corrected chi connectivity index (χ0v) is 10.3. The number of nitrogens with one attached hydrogen (secondary N) is 1. The molecule has 0 atom stereocenters. The lowest BCUT2D eigenvalue weighted by atomic mass is 10.1. The van der Waals surface area contributed by atoms with E-state index in [2.05, 4.69) is 11.4 Å². The van der Waals surface area contributed by atoms with Crippen molar-refractivity contribution >= 4 is 18.0 Å². The zero-order valence-electron chi connectivity index (χ0n) is 10.3. The maximum absolute atomic E-state index is 12.0. The number of rotatable bonds is 2. The van der Waals surface area contributed by atoms with E-state index >= 15 is 0 Å². The van der Waals surface area contributed by atoms with Crippen LogP contribution in [0.1, 0.15) is 22.3 Å². The van der Waals surface area contributed by atoms with Crippen molar-refractivity contribution in [3.05, 3.63) is 41.5 Å². The lowest BCUT2D eigenvalue weighted by Crippen LogP contribution is -2.37. The normalized spacial score (nSPS) is 14.4. The van der Waals surface area contributed by atoms with Crippen LogP contribution in [0.3, 0.4) is 0 Å². The Morgan fingerprint density at radius 3 is 2.89 bits per heavy atom. The molecule has 18 heavy (non-hydrogen) atoms. The second-order valence-electron chi connectivity index (χ2n) is 4.27. The molecule has 2 rings (SSSR count). The third kappa shape index (κ3) is 2.59. The van der Waals surface area contributed by atoms with Gasteiger partial charge in [-0.3, -0.25) is 4.79 Å². The Morgan fingerprint density at radius 2 is 2.22 bits per heavy atom. The molecule has 94 valence electrons. The summed E-state index contributed by atoms with van der Waals surface area (Å²) in [5.41, 5.74) is 2.10. The van der Waals surface area contributed by atoms with Crippen molar-refractivity contribution in [2.24, 2.45) is 0 Å². The second-order valence-corrected chi connectivity index (χ2v) is 4.27. The Morgan fingerprint density at radius 1 is 1.39 bits per heavy atom. The molecule has 1 aromatic carbocycles. The van der Waals surface area contributed by atoms with Crippen molar-refractivity contribution in [2.75, 3.05) is 18.4 Å². The molecule has 1 N–H and O–H groups in total. The summed E-state index contributed by atoms with van der Waals surface area (Å²) in [6, 6.07) is 5.19. The van der Waals surface area contributed by atoms with Crippen molar-refractivity contribution in [3.63, 3.8) is 0 Å². The number of amides is 2. The van der Waals surface area contributed by atoms with Crippen molar-refractivity contribution in [3.8, 4) is 0 Å². The van der Waals surface area contributed by atoms with E-state index in [0.29, 0.717) is 17.8 Å². The Kier molecular flexibility index (Phi) is 3.77. The number of aldehydes is 1. The standard InChI is InChI=1S/C14H16N2O2/c1-11-12(10-17)6-5-7-13(11)15-14(18)16-8-3-2-4-9-16/h2-3,5-7,10H,4,8-9H2,1H3,(H,15,18). The van der Waals surface area contributed by atoms with Gasteiger partial charge in [0.1, 0.15) is 6.29 Å². The molecule has 4 heteroatoms. The fraction of sp³-hybridized carbons (Fsp3) is 0.286. The highest BCUT2D eigenvalue weighted by Crippen LogP contribution is 2.18. The highest BCUT2D eigenvalue weighted by Gasteiger charge is 2.14. The summed E-state index contributed by atoms with van der Waals surface area (Å²) >= 11 is 0. The first-order valence-corrected chi connectivity index (χ1v) is 5.98. The molecule has 0 radical (unpaired) electrons. The molecule has 2 amide bonds. The topological polar surface area (TPSA) is 49.4 Å². The largest absolute Gasteiger partial charge is 0.322 e. The predicted octanol–water partition coefficient (Wildman–Crippen LogP) is 2.60. The SMILES string of the molecule is Cc1c(C=O)cccc1NC(=O)N1CC=CCC1. The molecule has 0 aromatic heterocycles. The molecular weight excluding hydrogens is 228 g/mol. The van der Waals surface area contributed by atoms with Gasteiger partial charge in [-0.25, -0.2) is 4.79 Å². The van der Waals surface area contributed by atoms with E-state index in [1.807, 2.05) is 13.0 Å². The van der Waals surface area contributed by atoms with Gasteiger partial charge in [-0.1, -0.05) is 24.3 Å². The van der Waals surface area contributed by atoms with Gasteiger partial charge in [0.15, 0.2) is 0 Å². The van der Waals surface area contributed by atoms with E-state index in [0.717, 1.165) is 24.8 Å². The predicted molar refractivity (Wildman–Crippen MR) is 70.9 cm³/mol. The van der Waals surface area contributed by atoms with Crippen LogP contribution in [0.2, 0.25) is 0 Å². The first kappa shape index (κ1) is 12.4. The molecule has 0 spiro atoms. The minimum atomic E-state index is -0.120. The Hall–Kier alpha value is -2.10. The number of urea groups is 1. The number of hydrogen-bond donors (Lipinski definition) is 1. The van der Waals surface area contributed by atoms with Crippen LogP contribution < -0.4 is 5.32 Å². The van der Waals surface area contributed by atoms with Gasteiger partial charge in [0.25, 0.3) is 0 Å². The van der Waals surface area contributed by atoms with E-state index in [-0.39, 0.29) is 6.03 Å². The highest BCUT2D eigenvalue weighted by molar-refractivity contribution is 5.92. The Labute approximate surface area is 106 Å². The summed E-state index contributed by atoms with van der Waals surface area (Å²) in [5, 5.41) is 2.85. The number of benzene rings is 1. The molecule has 1 aliphatic rings. The van der Waals surface area contributed by atoms with Crippen molar-refractivity contribution in [1.29, 1.82) is 0 Å². The van der Waals surface area contributed by atoms with Gasteiger partial charge in [0.2, 0.25) is 0 Å². The van der Waals surface area contributed by atoms with E-state index in [4.69, 9.17) is 0 Å². The number of anilines is 1. The number of hydrogen-bond acceptors (Lipinski definition) is 2. The average molecular weight is 244 g/mol. The summed E-state index contributed by atoms with van der Waals surface area (Å²) in [5.74, 6) is 0. The summed E-state index contributed by atoms with van der Waals surface area (Å²) in [6.07, 6.45) is 5.75. The lowest BCUT2D eigenvalue weighted by molar-refractivity contribution is 0.112. The van der Waals surface area contributed by atoms with Crippen LogP contribution >= 0.6 is 0 Å². The second kappa shape index (κ2) is 5.49. The van der Waals surface area contributed by atoms with E-state index in [9.17, 15) is 9.59 Å². The molecule has 0 bridgehead atoms. The molecule has 0 saturated carbocycles. The summed E-state index contributed by atoms with van der Waals surface area (Å²) in [7, 11) is 0. The van der Waals surface area contributed by atoms with Crippen LogP contribution in [0.4, 0.5) is 10.5 Å². The van der Waals surface area contributed by atoms with E-state index < -0.39 is 0 Å². The molecular formula is C14H16N2O2. The third-order valence-corrected chi connectivity index (χ3v) is 3.09. The Bertz CT molecular complexity index is 495. The molecule has 1 aromatic rings. The average Bonchev–Trinajstić information content (AvgIpc) is 2.42. The minimum Gasteiger partial charge on any atom is -0.321 e. The molecule has 0 aliphatic carbocycles. The zero-order chi connectivity index (χ0) is 13.0. The van der Waals surface area contributed by atoms with Crippen LogP contribution in [0.15, 0.2) is 30.4 Å². The molecule has 0 saturated heterocycles. The number of carbonyl (C=O) groups is 2. The third-order valence-electron chi connectivity index (χ3n) is 3.09. The van der Waals surface area contributed by atoms with E-state index in [1.165, 1.54) is 0 Å². The minimum absolute atomic E-state index is 0.120. The fourth-order valence-electron chi connectivity index (χ4n) is 1.94. The summed E-state index contributed by atoms with van der Waals surface area (Å²) in [4.78, 5) is 24.6. The molecule has 1 heterocycles. The van der Waals surface area contributed by atoms with Crippen molar-refractivity contribution in [2.45, 2.75) is 13.3 Å². The quantitative estimate of drug-likeness (QED) is 0.642. The van der Waals surface area contributed by atoms with Crippen LogP contribution in [0.25, 0.3) is 0 Å². The molecule has 1 aliphatic heterocycles. The van der Waals surface area contributed by atoms with Gasteiger partial charge < -0.3 is 10.2 Å². The maximum atomic E-state index is 12.0. The molecule has 4 nitrogen and oxygen atoms in total. The van der Waals surface area contributed by atoms with Crippen LogP contribution in [0, 0.1) is 6.92 Å². The van der Waals surface area contributed by atoms with Gasteiger partial charge in [0, 0.05) is 24.3 Å². The van der Waals surface area contributed by atoms with Crippen molar-refractivity contribution in [1.82, 2.24) is 4.90 Å². The van der Waals surface area contributed by atoms with Gasteiger partial charge >= 0.3 is 6.03 Å². The van der Waals surface area contributed by atoms with Crippen LogP contribution in [0.5, 0.6) is 0 Å². The fourth-order valence-corrected chi connectivity index (χ4v) is 1.94.